The third-order valence-corrected chi connectivity index (χ3v) is 3.76. The van der Waals surface area contributed by atoms with Gasteiger partial charge in [-0.05, 0) is 46.0 Å². The molecule has 0 aromatic carbocycles. The van der Waals surface area contributed by atoms with Crippen LogP contribution in [0.25, 0.3) is 0 Å². The van der Waals surface area contributed by atoms with Crippen LogP contribution in [-0.2, 0) is 0 Å². The molecular weight excluding hydrogens is 226 g/mol. The summed E-state index contributed by atoms with van der Waals surface area (Å²) in [5.41, 5.74) is 1.90. The smallest absolute Gasteiger partial charge is 0.0931 e. The Balaban J connectivity index is 1.97. The van der Waals surface area contributed by atoms with Crippen LogP contribution < -0.4 is 4.90 Å². The highest BCUT2D eigenvalue weighted by Crippen LogP contribution is 2.22. The molecule has 2 heterocycles. The summed E-state index contributed by atoms with van der Waals surface area (Å²) in [7, 11) is 4.30. The standard InChI is InChI=1S/C14H23N3O/c1-11(18)14-5-4-13(10-15-14)17-8-6-12(7-9-17)16(2)3/h4-5,10-12,18H,6-9H2,1-3H3. The number of rotatable bonds is 3. The Kier molecular flexibility index (Phi) is 4.19. The van der Waals surface area contributed by atoms with E-state index in [4.69, 9.17) is 0 Å². The lowest BCUT2D eigenvalue weighted by atomic mass is 10.0. The van der Waals surface area contributed by atoms with Crippen molar-refractivity contribution in [3.05, 3.63) is 24.0 Å². The molecule has 2 rings (SSSR count). The van der Waals surface area contributed by atoms with Gasteiger partial charge in [0.25, 0.3) is 0 Å². The molecule has 1 aliphatic rings. The van der Waals surface area contributed by atoms with Gasteiger partial charge in [-0.25, -0.2) is 0 Å². The average molecular weight is 249 g/mol. The summed E-state index contributed by atoms with van der Waals surface area (Å²) < 4.78 is 0. The highest BCUT2D eigenvalue weighted by molar-refractivity contribution is 5.45. The quantitative estimate of drug-likeness (QED) is 0.884. The van der Waals surface area contributed by atoms with Gasteiger partial charge in [0, 0.05) is 19.1 Å². The summed E-state index contributed by atoms with van der Waals surface area (Å²) in [6.45, 7) is 3.90. The van der Waals surface area contributed by atoms with Crippen LogP contribution in [-0.4, -0.2) is 48.2 Å². The Morgan fingerprint density at radius 1 is 1.33 bits per heavy atom. The van der Waals surface area contributed by atoms with E-state index in [1.54, 1.807) is 6.92 Å². The van der Waals surface area contributed by atoms with Gasteiger partial charge in [0.2, 0.25) is 0 Å². The van der Waals surface area contributed by atoms with Crippen molar-refractivity contribution in [3.63, 3.8) is 0 Å². The predicted molar refractivity (Wildman–Crippen MR) is 73.8 cm³/mol. The van der Waals surface area contributed by atoms with Crippen molar-refractivity contribution in [3.8, 4) is 0 Å². The molecule has 1 aromatic rings. The van der Waals surface area contributed by atoms with Crippen molar-refractivity contribution < 1.29 is 5.11 Å². The van der Waals surface area contributed by atoms with Crippen molar-refractivity contribution in [1.82, 2.24) is 9.88 Å². The lowest BCUT2D eigenvalue weighted by Crippen LogP contribution is -2.42. The summed E-state index contributed by atoms with van der Waals surface area (Å²) in [5.74, 6) is 0. The summed E-state index contributed by atoms with van der Waals surface area (Å²) in [6, 6.07) is 4.68. The molecule has 18 heavy (non-hydrogen) atoms. The van der Waals surface area contributed by atoms with E-state index in [2.05, 4.69) is 34.9 Å². The molecule has 1 N–H and O–H groups in total. The predicted octanol–water partition coefficient (Wildman–Crippen LogP) is 1.67. The van der Waals surface area contributed by atoms with Gasteiger partial charge in [-0.2, -0.15) is 0 Å². The first-order valence-electron chi connectivity index (χ1n) is 6.63. The van der Waals surface area contributed by atoms with Crippen molar-refractivity contribution >= 4 is 5.69 Å². The molecule has 0 spiro atoms. The molecule has 1 fully saturated rings. The minimum absolute atomic E-state index is 0.487. The Labute approximate surface area is 109 Å². The number of hydrogen-bond donors (Lipinski definition) is 1. The van der Waals surface area contributed by atoms with Gasteiger partial charge in [0.05, 0.1) is 23.7 Å². The summed E-state index contributed by atoms with van der Waals surface area (Å²) in [4.78, 5) is 8.99. The molecule has 1 atom stereocenters. The minimum atomic E-state index is -0.487. The maximum atomic E-state index is 9.44. The largest absolute Gasteiger partial charge is 0.387 e. The van der Waals surface area contributed by atoms with Crippen molar-refractivity contribution in [2.24, 2.45) is 0 Å². The van der Waals surface area contributed by atoms with Gasteiger partial charge in [0.1, 0.15) is 0 Å². The normalized spacial score (nSPS) is 19.3. The molecule has 1 aromatic heterocycles. The Bertz CT molecular complexity index is 367. The summed E-state index contributed by atoms with van der Waals surface area (Å²) in [6.07, 6.45) is 3.78. The maximum Gasteiger partial charge on any atom is 0.0931 e. The van der Waals surface area contributed by atoms with Crippen LogP contribution in [0.1, 0.15) is 31.6 Å². The fraction of sp³-hybridized carbons (Fsp3) is 0.643. The molecule has 1 aliphatic heterocycles. The van der Waals surface area contributed by atoms with Gasteiger partial charge in [-0.15, -0.1) is 0 Å². The second kappa shape index (κ2) is 5.67. The lowest BCUT2D eigenvalue weighted by molar-refractivity contribution is 0.194. The molecule has 0 saturated carbocycles. The zero-order valence-corrected chi connectivity index (χ0v) is 11.5. The molecular formula is C14H23N3O. The maximum absolute atomic E-state index is 9.44. The number of aliphatic hydroxyl groups excluding tert-OH is 1. The second-order valence-corrected chi connectivity index (χ2v) is 5.30. The van der Waals surface area contributed by atoms with E-state index in [-0.39, 0.29) is 0 Å². The number of aliphatic hydroxyl groups is 1. The third-order valence-electron chi connectivity index (χ3n) is 3.76. The van der Waals surface area contributed by atoms with E-state index in [0.29, 0.717) is 6.04 Å². The number of anilines is 1. The van der Waals surface area contributed by atoms with E-state index in [0.717, 1.165) is 24.5 Å². The first-order chi connectivity index (χ1) is 8.58. The van der Waals surface area contributed by atoms with Crippen LogP contribution >= 0.6 is 0 Å². The fourth-order valence-corrected chi connectivity index (χ4v) is 2.47. The molecule has 0 aliphatic carbocycles. The van der Waals surface area contributed by atoms with E-state index in [1.165, 1.54) is 12.8 Å². The van der Waals surface area contributed by atoms with E-state index in [9.17, 15) is 5.11 Å². The van der Waals surface area contributed by atoms with Gasteiger partial charge < -0.3 is 14.9 Å². The highest BCUT2D eigenvalue weighted by atomic mass is 16.3. The first kappa shape index (κ1) is 13.3. The number of hydrogen-bond acceptors (Lipinski definition) is 4. The lowest BCUT2D eigenvalue weighted by Gasteiger charge is -2.36. The summed E-state index contributed by atoms with van der Waals surface area (Å²) >= 11 is 0. The molecule has 0 amide bonds. The van der Waals surface area contributed by atoms with Crippen molar-refractivity contribution in [2.45, 2.75) is 31.9 Å². The van der Waals surface area contributed by atoms with Gasteiger partial charge in [-0.1, -0.05) is 0 Å². The fourth-order valence-electron chi connectivity index (χ4n) is 2.47. The van der Waals surface area contributed by atoms with Crippen LogP contribution in [0, 0.1) is 0 Å². The molecule has 0 radical (unpaired) electrons. The van der Waals surface area contributed by atoms with E-state index >= 15 is 0 Å². The Morgan fingerprint density at radius 3 is 2.44 bits per heavy atom. The van der Waals surface area contributed by atoms with Crippen LogP contribution in [0.15, 0.2) is 18.3 Å². The highest BCUT2D eigenvalue weighted by Gasteiger charge is 2.20. The number of nitrogens with zero attached hydrogens (tertiary/aromatic N) is 3. The van der Waals surface area contributed by atoms with Gasteiger partial charge in [-0.3, -0.25) is 4.98 Å². The zero-order chi connectivity index (χ0) is 13.1. The van der Waals surface area contributed by atoms with Crippen molar-refractivity contribution in [1.29, 1.82) is 0 Å². The average Bonchev–Trinajstić information content (AvgIpc) is 2.39. The number of aromatic nitrogens is 1. The van der Waals surface area contributed by atoms with Gasteiger partial charge in [0.15, 0.2) is 0 Å². The molecule has 1 unspecified atom stereocenters. The van der Waals surface area contributed by atoms with Crippen LogP contribution in [0.4, 0.5) is 5.69 Å². The monoisotopic (exact) mass is 249 g/mol. The van der Waals surface area contributed by atoms with Crippen LogP contribution in [0.3, 0.4) is 0 Å². The van der Waals surface area contributed by atoms with E-state index < -0.39 is 6.10 Å². The van der Waals surface area contributed by atoms with Crippen LogP contribution in [0.2, 0.25) is 0 Å². The topological polar surface area (TPSA) is 39.6 Å². The SMILES string of the molecule is CC(O)c1ccc(N2CCC(N(C)C)CC2)cn1. The molecule has 0 bridgehead atoms. The summed E-state index contributed by atoms with van der Waals surface area (Å²) in [5, 5.41) is 9.44. The van der Waals surface area contributed by atoms with Gasteiger partial charge >= 0.3 is 0 Å². The number of piperidine rings is 1. The number of pyridine rings is 1. The molecule has 100 valence electrons. The third kappa shape index (κ3) is 3.00. The molecule has 1 saturated heterocycles. The first-order valence-corrected chi connectivity index (χ1v) is 6.63. The second-order valence-electron chi connectivity index (χ2n) is 5.30. The Hall–Kier alpha value is -1.13. The Morgan fingerprint density at radius 2 is 2.00 bits per heavy atom. The molecule has 4 nitrogen and oxygen atoms in total. The molecule has 4 heteroatoms. The zero-order valence-electron chi connectivity index (χ0n) is 11.5. The van der Waals surface area contributed by atoms with E-state index in [1.807, 2.05) is 12.3 Å². The minimum Gasteiger partial charge on any atom is -0.387 e. The van der Waals surface area contributed by atoms with Crippen LogP contribution in [0.5, 0.6) is 0 Å². The van der Waals surface area contributed by atoms with Crippen molar-refractivity contribution in [2.75, 3.05) is 32.1 Å².